The molecule has 5 heteroatoms. The Morgan fingerprint density at radius 3 is 2.92 bits per heavy atom. The zero-order chi connectivity index (χ0) is 8.39. The number of rotatable bonds is 1. The maximum atomic E-state index is 5.66. The van der Waals surface area contributed by atoms with Crippen LogP contribution in [-0.4, -0.2) is 20.0 Å². The van der Waals surface area contributed by atoms with Crippen molar-refractivity contribution in [3.8, 4) is 5.82 Å². The zero-order valence-corrected chi connectivity index (χ0v) is 6.25. The van der Waals surface area contributed by atoms with Crippen LogP contribution in [0.5, 0.6) is 0 Å². The molecule has 2 rings (SSSR count). The summed E-state index contributed by atoms with van der Waals surface area (Å²) in [5.41, 5.74) is 6.25. The molecule has 0 aromatic carbocycles. The van der Waals surface area contributed by atoms with Crippen LogP contribution in [0.15, 0.2) is 30.7 Å². The van der Waals surface area contributed by atoms with Crippen molar-refractivity contribution in [2.45, 2.75) is 0 Å². The van der Waals surface area contributed by atoms with Crippen molar-refractivity contribution in [2.75, 3.05) is 5.73 Å². The third kappa shape index (κ3) is 1.01. The molecule has 0 aliphatic carbocycles. The van der Waals surface area contributed by atoms with Gasteiger partial charge in [0.25, 0.3) is 0 Å². The first kappa shape index (κ1) is 6.78. The van der Waals surface area contributed by atoms with E-state index in [9.17, 15) is 0 Å². The van der Waals surface area contributed by atoms with Gasteiger partial charge in [-0.15, -0.1) is 5.10 Å². The van der Waals surface area contributed by atoms with Crippen LogP contribution < -0.4 is 5.73 Å². The summed E-state index contributed by atoms with van der Waals surface area (Å²) in [5, 5.41) is 7.43. The molecule has 2 aromatic heterocycles. The van der Waals surface area contributed by atoms with Crippen LogP contribution in [0.25, 0.3) is 5.82 Å². The van der Waals surface area contributed by atoms with E-state index in [0.717, 1.165) is 0 Å². The van der Waals surface area contributed by atoms with Crippen LogP contribution in [0.2, 0.25) is 0 Å². The molecular formula is C7H7N5. The van der Waals surface area contributed by atoms with Crippen molar-refractivity contribution in [3.63, 3.8) is 0 Å². The molecule has 0 saturated heterocycles. The van der Waals surface area contributed by atoms with E-state index in [2.05, 4.69) is 15.3 Å². The Hall–Kier alpha value is -1.91. The second-order valence-corrected chi connectivity index (χ2v) is 2.26. The Kier molecular flexibility index (Phi) is 1.48. The van der Waals surface area contributed by atoms with Crippen LogP contribution in [0.3, 0.4) is 0 Å². The van der Waals surface area contributed by atoms with Crippen LogP contribution in [-0.2, 0) is 0 Å². The van der Waals surface area contributed by atoms with Crippen LogP contribution in [0.4, 0.5) is 5.69 Å². The van der Waals surface area contributed by atoms with Gasteiger partial charge in [0.15, 0.2) is 5.82 Å². The van der Waals surface area contributed by atoms with Crippen LogP contribution in [0.1, 0.15) is 0 Å². The van der Waals surface area contributed by atoms with Gasteiger partial charge in [0, 0.05) is 6.20 Å². The van der Waals surface area contributed by atoms with Crippen molar-refractivity contribution >= 4 is 5.69 Å². The second kappa shape index (κ2) is 2.61. The van der Waals surface area contributed by atoms with E-state index >= 15 is 0 Å². The fraction of sp³-hybridized carbons (Fsp3) is 0. The fourth-order valence-electron chi connectivity index (χ4n) is 0.922. The summed E-state index contributed by atoms with van der Waals surface area (Å²) in [7, 11) is 0. The summed E-state index contributed by atoms with van der Waals surface area (Å²) in [6, 6.07) is 3.54. The molecular weight excluding hydrogens is 154 g/mol. The standard InChI is InChI=1S/C7H7N5/c8-6-2-1-3-9-7(6)12-5-4-10-11-12/h1-5H,8H2. The van der Waals surface area contributed by atoms with Crippen molar-refractivity contribution in [3.05, 3.63) is 30.7 Å². The Bertz CT molecular complexity index is 367. The molecule has 0 saturated carbocycles. The molecule has 2 heterocycles. The lowest BCUT2D eigenvalue weighted by Gasteiger charge is -2.00. The van der Waals surface area contributed by atoms with Gasteiger partial charge in [0.2, 0.25) is 0 Å². The van der Waals surface area contributed by atoms with E-state index in [1.165, 1.54) is 4.68 Å². The van der Waals surface area contributed by atoms with Gasteiger partial charge in [-0.3, -0.25) is 0 Å². The van der Waals surface area contributed by atoms with Gasteiger partial charge < -0.3 is 5.73 Å². The first-order valence-corrected chi connectivity index (χ1v) is 3.45. The summed E-state index contributed by atoms with van der Waals surface area (Å²) in [6.45, 7) is 0. The highest BCUT2D eigenvalue weighted by atomic mass is 15.4. The van der Waals surface area contributed by atoms with E-state index in [1.807, 2.05) is 0 Å². The van der Waals surface area contributed by atoms with Crippen LogP contribution in [0, 0.1) is 0 Å². The quantitative estimate of drug-likeness (QED) is 0.650. The molecule has 0 fully saturated rings. The number of pyridine rings is 1. The van der Waals surface area contributed by atoms with Gasteiger partial charge in [0.1, 0.15) is 0 Å². The molecule has 5 nitrogen and oxygen atoms in total. The second-order valence-electron chi connectivity index (χ2n) is 2.26. The number of hydrogen-bond donors (Lipinski definition) is 1. The minimum atomic E-state index is 0.586. The van der Waals surface area contributed by atoms with Crippen molar-refractivity contribution in [1.29, 1.82) is 0 Å². The minimum absolute atomic E-state index is 0.586. The van der Waals surface area contributed by atoms with Gasteiger partial charge >= 0.3 is 0 Å². The molecule has 0 bridgehead atoms. The van der Waals surface area contributed by atoms with Crippen molar-refractivity contribution < 1.29 is 0 Å². The van der Waals surface area contributed by atoms with Crippen LogP contribution >= 0.6 is 0 Å². The molecule has 12 heavy (non-hydrogen) atoms. The van der Waals surface area contributed by atoms with Crippen molar-refractivity contribution in [1.82, 2.24) is 20.0 Å². The summed E-state index contributed by atoms with van der Waals surface area (Å²) in [6.07, 6.45) is 4.93. The average Bonchev–Trinajstić information content (AvgIpc) is 2.57. The number of nitrogens with zero attached hydrogens (tertiary/aromatic N) is 4. The number of nitrogen functional groups attached to an aromatic ring is 1. The highest BCUT2D eigenvalue weighted by Crippen LogP contribution is 2.09. The maximum absolute atomic E-state index is 5.66. The zero-order valence-electron chi connectivity index (χ0n) is 6.25. The Labute approximate surface area is 68.8 Å². The molecule has 60 valence electrons. The lowest BCUT2D eigenvalue weighted by Crippen LogP contribution is -2.02. The third-order valence-electron chi connectivity index (χ3n) is 1.46. The van der Waals surface area contributed by atoms with E-state index < -0.39 is 0 Å². The molecule has 2 N–H and O–H groups in total. The number of aromatic nitrogens is 4. The van der Waals surface area contributed by atoms with E-state index in [0.29, 0.717) is 11.5 Å². The summed E-state index contributed by atoms with van der Waals surface area (Å²) < 4.78 is 1.52. The normalized spacial score (nSPS) is 10.0. The monoisotopic (exact) mass is 161 g/mol. The molecule has 0 aliphatic heterocycles. The first-order valence-electron chi connectivity index (χ1n) is 3.45. The van der Waals surface area contributed by atoms with E-state index in [1.54, 1.807) is 30.7 Å². The number of nitrogens with two attached hydrogens (primary N) is 1. The molecule has 2 aromatic rings. The third-order valence-corrected chi connectivity index (χ3v) is 1.46. The Balaban J connectivity index is 2.55. The van der Waals surface area contributed by atoms with Gasteiger partial charge in [-0.05, 0) is 12.1 Å². The Morgan fingerprint density at radius 2 is 2.25 bits per heavy atom. The van der Waals surface area contributed by atoms with Gasteiger partial charge in [-0.25, -0.2) is 9.67 Å². The van der Waals surface area contributed by atoms with Gasteiger partial charge in [0.05, 0.1) is 18.1 Å². The van der Waals surface area contributed by atoms with Gasteiger partial charge in [-0.2, -0.15) is 0 Å². The predicted molar refractivity (Wildman–Crippen MR) is 43.6 cm³/mol. The van der Waals surface area contributed by atoms with Crippen molar-refractivity contribution in [2.24, 2.45) is 0 Å². The Morgan fingerprint density at radius 1 is 1.33 bits per heavy atom. The van der Waals surface area contributed by atoms with Gasteiger partial charge in [-0.1, -0.05) is 5.21 Å². The minimum Gasteiger partial charge on any atom is -0.396 e. The lowest BCUT2D eigenvalue weighted by molar-refractivity contribution is 0.783. The molecule has 0 spiro atoms. The molecule has 0 radical (unpaired) electrons. The largest absolute Gasteiger partial charge is 0.396 e. The summed E-state index contributed by atoms with van der Waals surface area (Å²) >= 11 is 0. The fourth-order valence-corrected chi connectivity index (χ4v) is 0.922. The summed E-state index contributed by atoms with van der Waals surface area (Å²) in [5.74, 6) is 0.606. The average molecular weight is 161 g/mol. The predicted octanol–water partition coefficient (Wildman–Crippen LogP) is 0.244. The molecule has 0 amide bonds. The smallest absolute Gasteiger partial charge is 0.178 e. The first-order chi connectivity index (χ1) is 5.88. The topological polar surface area (TPSA) is 69.6 Å². The summed E-state index contributed by atoms with van der Waals surface area (Å²) in [4.78, 5) is 4.06. The highest BCUT2D eigenvalue weighted by molar-refractivity contribution is 5.51. The lowest BCUT2D eigenvalue weighted by atomic mass is 10.4. The maximum Gasteiger partial charge on any atom is 0.178 e. The molecule has 0 unspecified atom stereocenters. The highest BCUT2D eigenvalue weighted by Gasteiger charge is 2.00. The van der Waals surface area contributed by atoms with E-state index in [4.69, 9.17) is 5.73 Å². The SMILES string of the molecule is Nc1cccnc1-n1ccnn1. The molecule has 0 atom stereocenters. The van der Waals surface area contributed by atoms with E-state index in [-0.39, 0.29) is 0 Å². The number of hydrogen-bond acceptors (Lipinski definition) is 4. The number of anilines is 1. The molecule has 0 aliphatic rings.